The van der Waals surface area contributed by atoms with Crippen molar-refractivity contribution in [2.24, 2.45) is 0 Å². The fraction of sp³-hybridized carbons (Fsp3) is 0.167. The summed E-state index contributed by atoms with van der Waals surface area (Å²) in [6.07, 6.45) is 1.99. The fourth-order valence-electron chi connectivity index (χ4n) is 0.153. The fourth-order valence-corrected chi connectivity index (χ4v) is 0.153. The minimum Gasteiger partial charge on any atom is -0.420 e. The summed E-state index contributed by atoms with van der Waals surface area (Å²) in [5.41, 5.74) is 0.348. The monoisotopic (exact) mass is 111 g/mol. The van der Waals surface area contributed by atoms with Gasteiger partial charge in [0.1, 0.15) is 0 Å². The molecule has 0 aromatic carbocycles. The van der Waals surface area contributed by atoms with Crippen molar-refractivity contribution < 1.29 is 9.53 Å². The van der Waals surface area contributed by atoms with Gasteiger partial charge in [-0.1, -0.05) is 13.2 Å². The van der Waals surface area contributed by atoms with Crippen molar-refractivity contribution in [3.8, 4) is 0 Å². The predicted molar refractivity (Wildman–Crippen MR) is 29.8 cm³/mol. The van der Waals surface area contributed by atoms with Gasteiger partial charge in [-0.15, -0.1) is 0 Å². The van der Waals surface area contributed by atoms with E-state index in [-0.39, 0.29) is 0 Å². The van der Waals surface area contributed by atoms with E-state index in [1.54, 1.807) is 6.92 Å². The Morgan fingerprint density at radius 3 is 2.38 bits per heavy atom. The van der Waals surface area contributed by atoms with Crippen molar-refractivity contribution in [2.75, 3.05) is 0 Å². The van der Waals surface area contributed by atoms with E-state index < -0.39 is 5.97 Å². The SMILES string of the molecule is C=[C]OC(=O)C(=C)C. The van der Waals surface area contributed by atoms with Crippen LogP contribution in [-0.4, -0.2) is 5.97 Å². The minimum absolute atomic E-state index is 0.348. The zero-order valence-corrected chi connectivity index (χ0v) is 4.73. The summed E-state index contributed by atoms with van der Waals surface area (Å²) in [5, 5.41) is 0. The van der Waals surface area contributed by atoms with E-state index in [1.807, 2.05) is 6.26 Å². The predicted octanol–water partition coefficient (Wildman–Crippen LogP) is 1.05. The lowest BCUT2D eigenvalue weighted by atomic mass is 10.4. The Morgan fingerprint density at radius 2 is 2.25 bits per heavy atom. The molecule has 43 valence electrons. The van der Waals surface area contributed by atoms with E-state index in [1.165, 1.54) is 0 Å². The zero-order valence-electron chi connectivity index (χ0n) is 4.73. The number of ether oxygens (including phenoxy) is 1. The molecule has 0 aliphatic carbocycles. The topological polar surface area (TPSA) is 26.3 Å². The Balaban J connectivity index is 3.65. The lowest BCUT2D eigenvalue weighted by Gasteiger charge is -1.91. The standard InChI is InChI=1S/C6H7O2/c1-4-8-6(7)5(2)3/h1-2H2,3H3. The first kappa shape index (κ1) is 6.95. The summed E-state index contributed by atoms with van der Waals surface area (Å²) in [6, 6.07) is 0. The molecule has 0 bridgehead atoms. The molecule has 0 aromatic rings. The second-order valence-corrected chi connectivity index (χ2v) is 1.31. The normalized spacial score (nSPS) is 7.62. The molecule has 0 rings (SSSR count). The number of carbonyl (C=O) groups excluding carboxylic acids is 1. The van der Waals surface area contributed by atoms with E-state index >= 15 is 0 Å². The molecule has 0 amide bonds. The van der Waals surface area contributed by atoms with Crippen molar-refractivity contribution >= 4 is 5.97 Å². The Bertz CT molecular complexity index is 124. The molecule has 0 aromatic heterocycles. The summed E-state index contributed by atoms with van der Waals surface area (Å²) in [5.74, 6) is -0.486. The van der Waals surface area contributed by atoms with Gasteiger partial charge in [-0.2, -0.15) is 0 Å². The average Bonchev–Trinajstić information content (AvgIpc) is 1.67. The third-order valence-electron chi connectivity index (χ3n) is 0.513. The third kappa shape index (κ3) is 2.18. The molecule has 8 heavy (non-hydrogen) atoms. The van der Waals surface area contributed by atoms with Crippen LogP contribution in [0.15, 0.2) is 18.7 Å². The molecule has 0 saturated heterocycles. The summed E-state index contributed by atoms with van der Waals surface area (Å²) < 4.78 is 4.20. The van der Waals surface area contributed by atoms with Gasteiger partial charge in [0.2, 0.25) is 0 Å². The molecule has 0 fully saturated rings. The molecule has 1 radical (unpaired) electrons. The molecule has 0 N–H and O–H groups in total. The van der Waals surface area contributed by atoms with E-state index in [0.717, 1.165) is 0 Å². The van der Waals surface area contributed by atoms with Gasteiger partial charge in [0, 0.05) is 5.57 Å². The summed E-state index contributed by atoms with van der Waals surface area (Å²) in [7, 11) is 0. The first-order chi connectivity index (χ1) is 3.68. The number of rotatable bonds is 2. The van der Waals surface area contributed by atoms with Gasteiger partial charge in [-0.25, -0.2) is 4.79 Å². The minimum atomic E-state index is -0.486. The first-order valence-electron chi connectivity index (χ1n) is 2.07. The molecule has 2 nitrogen and oxygen atoms in total. The van der Waals surface area contributed by atoms with Gasteiger partial charge >= 0.3 is 5.97 Å². The summed E-state index contributed by atoms with van der Waals surface area (Å²) in [6.45, 7) is 7.96. The molecule has 0 aliphatic heterocycles. The van der Waals surface area contributed by atoms with Crippen molar-refractivity contribution in [1.82, 2.24) is 0 Å². The summed E-state index contributed by atoms with van der Waals surface area (Å²) >= 11 is 0. The lowest BCUT2D eigenvalue weighted by molar-refractivity contribution is -0.134. The highest BCUT2D eigenvalue weighted by atomic mass is 16.5. The molecular formula is C6H7O2. The van der Waals surface area contributed by atoms with Gasteiger partial charge in [-0.05, 0) is 6.92 Å². The van der Waals surface area contributed by atoms with Crippen LogP contribution in [0, 0.1) is 6.26 Å². The van der Waals surface area contributed by atoms with E-state index in [0.29, 0.717) is 5.57 Å². The Morgan fingerprint density at radius 1 is 1.75 bits per heavy atom. The van der Waals surface area contributed by atoms with E-state index in [9.17, 15) is 4.79 Å². The zero-order chi connectivity index (χ0) is 6.57. The highest BCUT2D eigenvalue weighted by molar-refractivity contribution is 5.87. The Hall–Kier alpha value is -1.05. The maximum Gasteiger partial charge on any atom is 0.338 e. The van der Waals surface area contributed by atoms with Gasteiger partial charge in [0.15, 0.2) is 6.26 Å². The smallest absolute Gasteiger partial charge is 0.338 e. The van der Waals surface area contributed by atoms with Crippen molar-refractivity contribution in [3.63, 3.8) is 0 Å². The van der Waals surface area contributed by atoms with Crippen LogP contribution in [0.25, 0.3) is 0 Å². The molecule has 0 atom stereocenters. The van der Waals surface area contributed by atoms with Crippen LogP contribution in [0.4, 0.5) is 0 Å². The highest BCUT2D eigenvalue weighted by Gasteiger charge is 1.97. The van der Waals surface area contributed by atoms with Crippen LogP contribution in [0.2, 0.25) is 0 Å². The van der Waals surface area contributed by atoms with Crippen molar-refractivity contribution in [1.29, 1.82) is 0 Å². The molecule has 0 saturated carbocycles. The van der Waals surface area contributed by atoms with Gasteiger partial charge < -0.3 is 4.74 Å². The lowest BCUT2D eigenvalue weighted by Crippen LogP contribution is -1.98. The van der Waals surface area contributed by atoms with Gasteiger partial charge in [-0.3, -0.25) is 0 Å². The number of hydrogen-bond donors (Lipinski definition) is 0. The number of carbonyl (C=O) groups is 1. The van der Waals surface area contributed by atoms with Crippen LogP contribution in [-0.2, 0) is 9.53 Å². The highest BCUT2D eigenvalue weighted by Crippen LogP contribution is 1.89. The second-order valence-electron chi connectivity index (χ2n) is 1.31. The molecule has 0 unspecified atom stereocenters. The molecule has 2 heteroatoms. The number of esters is 1. The van der Waals surface area contributed by atoms with Crippen molar-refractivity contribution in [2.45, 2.75) is 6.92 Å². The molecule has 0 spiro atoms. The molecular weight excluding hydrogens is 104 g/mol. The molecule has 0 heterocycles. The Kier molecular flexibility index (Phi) is 2.62. The maximum absolute atomic E-state index is 10.3. The second kappa shape index (κ2) is 3.02. The Labute approximate surface area is 48.5 Å². The summed E-state index contributed by atoms with van der Waals surface area (Å²) in [4.78, 5) is 10.3. The van der Waals surface area contributed by atoms with E-state index in [2.05, 4.69) is 17.9 Å². The van der Waals surface area contributed by atoms with Crippen LogP contribution >= 0.6 is 0 Å². The number of hydrogen-bond acceptors (Lipinski definition) is 2. The largest absolute Gasteiger partial charge is 0.420 e. The van der Waals surface area contributed by atoms with Crippen LogP contribution in [0.1, 0.15) is 6.92 Å². The van der Waals surface area contributed by atoms with Crippen LogP contribution in [0.3, 0.4) is 0 Å². The van der Waals surface area contributed by atoms with Crippen molar-refractivity contribution in [3.05, 3.63) is 25.0 Å². The van der Waals surface area contributed by atoms with Gasteiger partial charge in [0.05, 0.1) is 0 Å². The van der Waals surface area contributed by atoms with Crippen LogP contribution < -0.4 is 0 Å². The average molecular weight is 111 g/mol. The van der Waals surface area contributed by atoms with E-state index in [4.69, 9.17) is 0 Å². The van der Waals surface area contributed by atoms with Crippen LogP contribution in [0.5, 0.6) is 0 Å². The van der Waals surface area contributed by atoms with Gasteiger partial charge in [0.25, 0.3) is 0 Å². The first-order valence-corrected chi connectivity index (χ1v) is 2.07. The molecule has 0 aliphatic rings. The quantitative estimate of drug-likeness (QED) is 0.302. The maximum atomic E-state index is 10.3. The third-order valence-corrected chi connectivity index (χ3v) is 0.513.